The number of rotatable bonds is 7. The standard InChI is InChI=1S/C25H29ClFN3O3/c1-3-16(2)28-24(32)22(29-23(31)18-6-10-21(27)11-7-18)17-12-14-30(15-13-17)25(33)19-4-8-20(26)9-5-19/h4-11,16-17,22H,3,12-15H2,1-2H3,(H,28,32)(H,29,31)/t16-,22-/m1/s1. The van der Waals surface area contributed by atoms with Crippen molar-refractivity contribution in [1.29, 1.82) is 0 Å². The minimum Gasteiger partial charge on any atom is -0.352 e. The first kappa shape index (κ1) is 24.7. The van der Waals surface area contributed by atoms with Crippen molar-refractivity contribution in [2.24, 2.45) is 5.92 Å². The zero-order chi connectivity index (χ0) is 24.0. The molecular weight excluding hydrogens is 445 g/mol. The average molecular weight is 474 g/mol. The second kappa shape index (κ2) is 11.3. The molecule has 33 heavy (non-hydrogen) atoms. The van der Waals surface area contributed by atoms with E-state index in [1.807, 2.05) is 13.8 Å². The Labute approximate surface area is 198 Å². The second-order valence-electron chi connectivity index (χ2n) is 8.41. The first-order chi connectivity index (χ1) is 15.8. The molecule has 1 saturated heterocycles. The predicted octanol–water partition coefficient (Wildman–Crippen LogP) is 4.04. The summed E-state index contributed by atoms with van der Waals surface area (Å²) in [5.41, 5.74) is 0.849. The molecule has 1 aliphatic heterocycles. The number of piperidine rings is 1. The number of halogens is 2. The molecule has 2 atom stereocenters. The zero-order valence-electron chi connectivity index (χ0n) is 18.8. The van der Waals surface area contributed by atoms with Crippen molar-refractivity contribution < 1.29 is 18.8 Å². The van der Waals surface area contributed by atoms with Gasteiger partial charge >= 0.3 is 0 Å². The van der Waals surface area contributed by atoms with Crippen LogP contribution in [0.1, 0.15) is 53.8 Å². The van der Waals surface area contributed by atoms with Crippen molar-refractivity contribution in [3.8, 4) is 0 Å². The van der Waals surface area contributed by atoms with Gasteiger partial charge in [-0.3, -0.25) is 14.4 Å². The molecule has 0 saturated carbocycles. The Morgan fingerprint density at radius 1 is 1.00 bits per heavy atom. The molecular formula is C25H29ClFN3O3. The lowest BCUT2D eigenvalue weighted by Crippen LogP contribution is -2.55. The predicted molar refractivity (Wildman–Crippen MR) is 126 cm³/mol. The van der Waals surface area contributed by atoms with Gasteiger partial charge < -0.3 is 15.5 Å². The van der Waals surface area contributed by atoms with Gasteiger partial charge in [-0.05, 0) is 80.6 Å². The fraction of sp³-hybridized carbons (Fsp3) is 0.400. The highest BCUT2D eigenvalue weighted by atomic mass is 35.5. The topological polar surface area (TPSA) is 78.5 Å². The summed E-state index contributed by atoms with van der Waals surface area (Å²) in [6, 6.07) is 11.2. The molecule has 1 fully saturated rings. The SMILES string of the molecule is CC[C@@H](C)NC(=O)[C@H](NC(=O)c1ccc(F)cc1)C1CCN(C(=O)c2ccc(Cl)cc2)CC1. The third-order valence-corrected chi connectivity index (χ3v) is 6.32. The maximum absolute atomic E-state index is 13.2. The number of hydrogen-bond donors (Lipinski definition) is 2. The van der Waals surface area contributed by atoms with Gasteiger partial charge in [-0.1, -0.05) is 18.5 Å². The molecule has 3 amide bonds. The molecule has 176 valence electrons. The summed E-state index contributed by atoms with van der Waals surface area (Å²) in [6.45, 7) is 4.83. The molecule has 0 aromatic heterocycles. The summed E-state index contributed by atoms with van der Waals surface area (Å²) < 4.78 is 13.2. The Balaban J connectivity index is 1.69. The highest BCUT2D eigenvalue weighted by molar-refractivity contribution is 6.30. The van der Waals surface area contributed by atoms with E-state index in [2.05, 4.69) is 10.6 Å². The van der Waals surface area contributed by atoms with E-state index in [-0.39, 0.29) is 29.3 Å². The Bertz CT molecular complexity index is 973. The van der Waals surface area contributed by atoms with Crippen LogP contribution < -0.4 is 10.6 Å². The third-order valence-electron chi connectivity index (χ3n) is 6.07. The second-order valence-corrected chi connectivity index (χ2v) is 8.85. The van der Waals surface area contributed by atoms with Crippen molar-refractivity contribution in [3.63, 3.8) is 0 Å². The summed E-state index contributed by atoms with van der Waals surface area (Å²) in [5, 5.41) is 6.36. The van der Waals surface area contributed by atoms with Crippen LogP contribution in [0.15, 0.2) is 48.5 Å². The normalized spacial score (nSPS) is 16.1. The first-order valence-corrected chi connectivity index (χ1v) is 11.6. The van der Waals surface area contributed by atoms with E-state index >= 15 is 0 Å². The van der Waals surface area contributed by atoms with Crippen LogP contribution in [0.2, 0.25) is 5.02 Å². The number of benzene rings is 2. The summed E-state index contributed by atoms with van der Waals surface area (Å²) in [5.74, 6) is -1.33. The van der Waals surface area contributed by atoms with Crippen molar-refractivity contribution in [1.82, 2.24) is 15.5 Å². The maximum atomic E-state index is 13.2. The molecule has 2 aromatic carbocycles. The molecule has 0 spiro atoms. The number of hydrogen-bond acceptors (Lipinski definition) is 3. The number of nitrogens with one attached hydrogen (secondary N) is 2. The van der Waals surface area contributed by atoms with Crippen molar-refractivity contribution in [2.75, 3.05) is 13.1 Å². The van der Waals surface area contributed by atoms with E-state index in [9.17, 15) is 18.8 Å². The van der Waals surface area contributed by atoms with Crippen LogP contribution in [0, 0.1) is 11.7 Å². The number of carbonyl (C=O) groups is 3. The lowest BCUT2D eigenvalue weighted by atomic mass is 9.88. The smallest absolute Gasteiger partial charge is 0.253 e. The van der Waals surface area contributed by atoms with Crippen LogP contribution in [-0.4, -0.2) is 47.8 Å². The molecule has 2 N–H and O–H groups in total. The van der Waals surface area contributed by atoms with E-state index in [1.165, 1.54) is 24.3 Å². The lowest BCUT2D eigenvalue weighted by Gasteiger charge is -2.36. The number of likely N-dealkylation sites (tertiary alicyclic amines) is 1. The van der Waals surface area contributed by atoms with Gasteiger partial charge in [0.15, 0.2) is 0 Å². The molecule has 0 unspecified atom stereocenters. The van der Waals surface area contributed by atoms with Gasteiger partial charge in [0.2, 0.25) is 5.91 Å². The van der Waals surface area contributed by atoms with Gasteiger partial charge in [0.05, 0.1) is 0 Å². The highest BCUT2D eigenvalue weighted by Gasteiger charge is 2.34. The van der Waals surface area contributed by atoms with Crippen LogP contribution in [-0.2, 0) is 4.79 Å². The Morgan fingerprint density at radius 2 is 1.58 bits per heavy atom. The number of carbonyl (C=O) groups excluding carboxylic acids is 3. The van der Waals surface area contributed by atoms with E-state index in [0.717, 1.165) is 6.42 Å². The van der Waals surface area contributed by atoms with Gasteiger partial charge in [0.25, 0.3) is 11.8 Å². The molecule has 0 radical (unpaired) electrons. The quantitative estimate of drug-likeness (QED) is 0.637. The monoisotopic (exact) mass is 473 g/mol. The first-order valence-electron chi connectivity index (χ1n) is 11.2. The Kier molecular flexibility index (Phi) is 8.44. The van der Waals surface area contributed by atoms with Crippen LogP contribution in [0.25, 0.3) is 0 Å². The highest BCUT2D eigenvalue weighted by Crippen LogP contribution is 2.23. The van der Waals surface area contributed by atoms with Crippen LogP contribution in [0.3, 0.4) is 0 Å². The van der Waals surface area contributed by atoms with E-state index in [4.69, 9.17) is 11.6 Å². The largest absolute Gasteiger partial charge is 0.352 e. The zero-order valence-corrected chi connectivity index (χ0v) is 19.6. The third kappa shape index (κ3) is 6.54. The van der Waals surface area contributed by atoms with Crippen LogP contribution in [0.5, 0.6) is 0 Å². The molecule has 3 rings (SSSR count). The molecule has 2 aromatic rings. The number of nitrogens with zero attached hydrogens (tertiary/aromatic N) is 1. The summed E-state index contributed by atoms with van der Waals surface area (Å²) in [6.07, 6.45) is 1.90. The molecule has 0 bridgehead atoms. The Morgan fingerprint density at radius 3 is 2.15 bits per heavy atom. The van der Waals surface area contributed by atoms with Crippen LogP contribution in [0.4, 0.5) is 4.39 Å². The average Bonchev–Trinajstić information content (AvgIpc) is 2.82. The maximum Gasteiger partial charge on any atom is 0.253 e. The summed E-state index contributed by atoms with van der Waals surface area (Å²) >= 11 is 5.91. The fourth-order valence-electron chi connectivity index (χ4n) is 3.87. The van der Waals surface area contributed by atoms with Crippen molar-refractivity contribution in [2.45, 2.75) is 45.2 Å². The molecule has 0 aliphatic carbocycles. The Hall–Kier alpha value is -2.93. The molecule has 8 heteroatoms. The van der Waals surface area contributed by atoms with E-state index < -0.39 is 17.8 Å². The minimum atomic E-state index is -0.746. The number of amides is 3. The van der Waals surface area contributed by atoms with Gasteiger partial charge in [0.1, 0.15) is 11.9 Å². The minimum absolute atomic E-state index is 0.0331. The van der Waals surface area contributed by atoms with Crippen molar-refractivity contribution in [3.05, 3.63) is 70.5 Å². The summed E-state index contributed by atoms with van der Waals surface area (Å²) in [4.78, 5) is 40.3. The van der Waals surface area contributed by atoms with E-state index in [0.29, 0.717) is 36.5 Å². The van der Waals surface area contributed by atoms with Gasteiger partial charge in [-0.15, -0.1) is 0 Å². The summed E-state index contributed by atoms with van der Waals surface area (Å²) in [7, 11) is 0. The molecule has 6 nitrogen and oxygen atoms in total. The van der Waals surface area contributed by atoms with Gasteiger partial charge in [-0.2, -0.15) is 0 Å². The van der Waals surface area contributed by atoms with Crippen LogP contribution >= 0.6 is 11.6 Å². The van der Waals surface area contributed by atoms with Gasteiger partial charge in [-0.25, -0.2) is 4.39 Å². The molecule has 1 heterocycles. The van der Waals surface area contributed by atoms with E-state index in [1.54, 1.807) is 29.2 Å². The molecule has 1 aliphatic rings. The lowest BCUT2D eigenvalue weighted by molar-refractivity contribution is -0.125. The fourth-order valence-corrected chi connectivity index (χ4v) is 3.99. The van der Waals surface area contributed by atoms with Gasteiger partial charge in [0, 0.05) is 35.3 Å². The van der Waals surface area contributed by atoms with Crippen molar-refractivity contribution >= 4 is 29.3 Å².